The minimum absolute atomic E-state index is 0.0118. The third-order valence-electron chi connectivity index (χ3n) is 10.5. The van der Waals surface area contributed by atoms with Gasteiger partial charge in [-0.25, -0.2) is 9.59 Å². The molecule has 4 N–H and O–H groups in total. The second-order valence-corrected chi connectivity index (χ2v) is 18.2. The van der Waals surface area contributed by atoms with Crippen molar-refractivity contribution in [1.82, 2.24) is 5.32 Å². The molecule has 1 heterocycles. The molecule has 1 aliphatic heterocycles. The summed E-state index contributed by atoms with van der Waals surface area (Å²) in [6, 6.07) is 40.5. The van der Waals surface area contributed by atoms with Gasteiger partial charge in [-0.05, 0) is 61.5 Å². The number of alkyl carbamates (subject to hydrolysis) is 1. The van der Waals surface area contributed by atoms with Gasteiger partial charge in [0.1, 0.15) is 18.2 Å². The summed E-state index contributed by atoms with van der Waals surface area (Å²) in [6.07, 6.45) is 2.33. The van der Waals surface area contributed by atoms with Gasteiger partial charge >= 0.3 is 12.1 Å². The van der Waals surface area contributed by atoms with E-state index < -0.39 is 39.8 Å². The number of thioether (sulfide) groups is 2. The highest BCUT2D eigenvalue weighted by Crippen LogP contribution is 2.48. The van der Waals surface area contributed by atoms with Crippen molar-refractivity contribution in [2.45, 2.75) is 74.5 Å². The van der Waals surface area contributed by atoms with Gasteiger partial charge in [-0.2, -0.15) is 11.8 Å². The Hall–Kier alpha value is -4.13. The van der Waals surface area contributed by atoms with Gasteiger partial charge in [0, 0.05) is 25.0 Å². The lowest BCUT2D eigenvalue weighted by Crippen LogP contribution is -2.61. The maximum atomic E-state index is 14.2. The Morgan fingerprint density at radius 1 is 0.807 bits per heavy atom. The fourth-order valence-electron chi connectivity index (χ4n) is 7.64. The van der Waals surface area contributed by atoms with Crippen LogP contribution < -0.4 is 11.1 Å². The predicted molar refractivity (Wildman–Crippen MR) is 231 cm³/mol. The zero-order chi connectivity index (χ0) is 40.9. The molecule has 0 aliphatic carbocycles. The number of likely N-dealkylation sites (tertiary alicyclic amines) is 1. The minimum atomic E-state index is -2.09. The molecule has 0 unspecified atom stereocenters. The van der Waals surface area contributed by atoms with E-state index in [0.717, 1.165) is 48.2 Å². The van der Waals surface area contributed by atoms with Crippen LogP contribution in [0.5, 0.6) is 0 Å². The van der Waals surface area contributed by atoms with Crippen molar-refractivity contribution >= 4 is 41.4 Å². The predicted octanol–water partition coefficient (Wildman–Crippen LogP) is 7.91. The first-order chi connectivity index (χ1) is 27.3. The summed E-state index contributed by atoms with van der Waals surface area (Å²) in [7, 11) is 0. The highest BCUT2D eigenvalue weighted by molar-refractivity contribution is 8.00. The van der Waals surface area contributed by atoms with Gasteiger partial charge < -0.3 is 25.6 Å². The van der Waals surface area contributed by atoms with Gasteiger partial charge in [-0.3, -0.25) is 9.28 Å². The Bertz CT molecular complexity index is 1780. The number of carbonyl (C=O) groups excluding carboxylic acids is 2. The Kier molecular flexibility index (Phi) is 15.5. The molecule has 9 nitrogen and oxygen atoms in total. The third-order valence-corrected chi connectivity index (χ3v) is 12.8. The summed E-state index contributed by atoms with van der Waals surface area (Å²) in [6.45, 7) is 7.74. The Morgan fingerprint density at radius 2 is 1.30 bits per heavy atom. The van der Waals surface area contributed by atoms with Crippen LogP contribution in [0.3, 0.4) is 0 Å². The van der Waals surface area contributed by atoms with E-state index in [1.165, 1.54) is 11.8 Å². The van der Waals surface area contributed by atoms with Crippen LogP contribution in [0.25, 0.3) is 0 Å². The van der Waals surface area contributed by atoms with E-state index in [1.54, 1.807) is 11.8 Å². The molecule has 0 radical (unpaired) electrons. The maximum absolute atomic E-state index is 14.2. The van der Waals surface area contributed by atoms with E-state index in [4.69, 9.17) is 15.2 Å². The van der Waals surface area contributed by atoms with Crippen LogP contribution in [0.15, 0.2) is 121 Å². The Balaban J connectivity index is 1.50. The van der Waals surface area contributed by atoms with Crippen LogP contribution in [0.2, 0.25) is 0 Å². The molecule has 57 heavy (non-hydrogen) atoms. The number of rotatable bonds is 20. The molecular weight excluding hydrogens is 755 g/mol. The molecule has 0 aromatic heterocycles. The molecule has 4 aromatic carbocycles. The monoisotopic (exact) mass is 812 g/mol. The molecule has 1 fully saturated rings. The number of nitrogens with two attached hydrogens (primary N) is 1. The quantitative estimate of drug-likeness (QED) is 0.0464. The molecule has 1 aliphatic rings. The fraction of sp³-hybridized carbons (Fsp3) is 0.413. The number of carboxylic acids is 1. The van der Waals surface area contributed by atoms with Gasteiger partial charge in [-0.1, -0.05) is 121 Å². The van der Waals surface area contributed by atoms with Gasteiger partial charge in [0.15, 0.2) is 18.1 Å². The topological polar surface area (TPSA) is 128 Å². The second-order valence-electron chi connectivity index (χ2n) is 16.0. The molecule has 1 saturated heterocycles. The number of carbonyl (C=O) groups is 3. The average Bonchev–Trinajstić information content (AvgIpc) is 3.67. The third kappa shape index (κ3) is 11.5. The summed E-state index contributed by atoms with van der Waals surface area (Å²) in [5.41, 5.74) is 7.84. The highest BCUT2D eigenvalue weighted by atomic mass is 32.2. The first kappa shape index (κ1) is 44.0. The number of amides is 1. The fourth-order valence-corrected chi connectivity index (χ4v) is 9.71. The smallest absolute Gasteiger partial charge is 0.408 e. The molecule has 0 bridgehead atoms. The number of quaternary nitrogens is 1. The largest absolute Gasteiger partial charge is 0.480 e. The molecule has 0 spiro atoms. The summed E-state index contributed by atoms with van der Waals surface area (Å²) in [5.74, 6) is -1.06. The normalized spacial score (nSPS) is 16.2. The lowest BCUT2D eigenvalue weighted by molar-refractivity contribution is -0.936. The zero-order valence-corrected chi connectivity index (χ0v) is 35.2. The molecule has 304 valence electrons. The standard InChI is InChI=1S/C46H57N3O6S2/c1-44(2,3)55-43(53)48-39(33-57-46(36-21-11-6-12-22-36,37-23-13-7-14-24-37)38-25-15-8-16-26-38)32-49(28-17-18-29-49)34-54-40(31-35-19-9-5-10-20-35)41(50)45(47,42(51)52)27-30-56-4/h5-16,19-26,39-40H,17-18,27-34,47H2,1-4H3,(H-,48,51,52,53)/p+1/t39-,40-,45-/m0/s1. The number of carboxylic acid groups (broad SMARTS) is 1. The number of hydrogen-bond acceptors (Lipinski definition) is 8. The number of Topliss-reactive ketones (excluding diaryl/α,β-unsaturated/α-hetero) is 1. The van der Waals surface area contributed by atoms with Crippen LogP contribution in [0, 0.1) is 0 Å². The second kappa shape index (κ2) is 20.0. The summed E-state index contributed by atoms with van der Waals surface area (Å²) in [4.78, 5) is 40.4. The molecule has 5 rings (SSSR count). The minimum Gasteiger partial charge on any atom is -0.480 e. The summed E-state index contributed by atoms with van der Waals surface area (Å²) >= 11 is 3.21. The number of ether oxygens (including phenoxy) is 2. The van der Waals surface area contributed by atoms with E-state index in [1.807, 2.05) is 75.6 Å². The van der Waals surface area contributed by atoms with E-state index in [0.29, 0.717) is 22.5 Å². The van der Waals surface area contributed by atoms with Crippen molar-refractivity contribution < 1.29 is 33.4 Å². The first-order valence-corrected chi connectivity index (χ1v) is 22.0. The van der Waals surface area contributed by atoms with Crippen LogP contribution in [-0.4, -0.2) is 94.8 Å². The van der Waals surface area contributed by atoms with E-state index in [2.05, 4.69) is 78.1 Å². The van der Waals surface area contributed by atoms with Crippen molar-refractivity contribution in [1.29, 1.82) is 0 Å². The molecule has 4 aromatic rings. The number of benzene rings is 4. The van der Waals surface area contributed by atoms with Crippen molar-refractivity contribution in [3.8, 4) is 0 Å². The molecular formula is C46H58N3O6S2+. The molecule has 0 saturated carbocycles. The van der Waals surface area contributed by atoms with Crippen LogP contribution in [-0.2, 0) is 30.2 Å². The van der Waals surface area contributed by atoms with E-state index in [9.17, 15) is 19.5 Å². The number of hydrogen-bond donors (Lipinski definition) is 3. The molecule has 11 heteroatoms. The average molecular weight is 813 g/mol. The van der Waals surface area contributed by atoms with Crippen molar-refractivity contribution in [2.75, 3.05) is 44.1 Å². The van der Waals surface area contributed by atoms with Crippen molar-refractivity contribution in [3.05, 3.63) is 144 Å². The van der Waals surface area contributed by atoms with Crippen LogP contribution >= 0.6 is 23.5 Å². The number of nitrogens with one attached hydrogen (secondary N) is 1. The van der Waals surface area contributed by atoms with Gasteiger partial charge in [0.05, 0.1) is 23.9 Å². The van der Waals surface area contributed by atoms with Crippen LogP contribution in [0.4, 0.5) is 4.79 Å². The lowest BCUT2D eigenvalue weighted by Gasteiger charge is -2.40. The number of nitrogens with zero attached hydrogens (tertiary/aromatic N) is 1. The number of ketones is 1. The highest BCUT2D eigenvalue weighted by Gasteiger charge is 2.47. The molecule has 3 atom stereocenters. The van der Waals surface area contributed by atoms with Gasteiger partial charge in [0.25, 0.3) is 0 Å². The van der Waals surface area contributed by atoms with E-state index >= 15 is 0 Å². The van der Waals surface area contributed by atoms with Gasteiger partial charge in [-0.15, -0.1) is 11.8 Å². The van der Waals surface area contributed by atoms with Crippen LogP contribution in [0.1, 0.15) is 62.3 Å². The van der Waals surface area contributed by atoms with Crippen molar-refractivity contribution in [3.63, 3.8) is 0 Å². The Labute approximate surface area is 346 Å². The van der Waals surface area contributed by atoms with Gasteiger partial charge in [0.2, 0.25) is 0 Å². The first-order valence-electron chi connectivity index (χ1n) is 19.7. The Morgan fingerprint density at radius 3 is 1.75 bits per heavy atom. The van der Waals surface area contributed by atoms with E-state index in [-0.39, 0.29) is 25.6 Å². The van der Waals surface area contributed by atoms with Crippen molar-refractivity contribution in [2.24, 2.45) is 5.73 Å². The lowest BCUT2D eigenvalue weighted by atomic mass is 9.84. The SMILES string of the molecule is CSCC[C@@](N)(C(=O)O)C(=O)[C@H](Cc1ccccc1)OC[N+]1(C[C@@H](CSC(c2ccccc2)(c2ccccc2)c2ccccc2)NC(=O)OC(C)(C)C)CCCC1. The molecule has 1 amide bonds. The summed E-state index contributed by atoms with van der Waals surface area (Å²) in [5, 5.41) is 13.5. The zero-order valence-electron chi connectivity index (χ0n) is 33.6. The summed E-state index contributed by atoms with van der Waals surface area (Å²) < 4.78 is 12.3. The number of aliphatic carboxylic acids is 1. The maximum Gasteiger partial charge on any atom is 0.408 e.